The summed E-state index contributed by atoms with van der Waals surface area (Å²) in [6.45, 7) is 1.40. The Kier molecular flexibility index (Phi) is 6.00. The van der Waals surface area contributed by atoms with Gasteiger partial charge in [-0.3, -0.25) is 4.79 Å². The van der Waals surface area contributed by atoms with Gasteiger partial charge in [0.15, 0.2) is 0 Å². The van der Waals surface area contributed by atoms with Crippen molar-refractivity contribution in [2.45, 2.75) is 0 Å². The number of carbonyl (C=O) groups is 1. The molecule has 0 aromatic heterocycles. The summed E-state index contributed by atoms with van der Waals surface area (Å²) >= 11 is 0. The third-order valence-electron chi connectivity index (χ3n) is 2.40. The maximum absolute atomic E-state index is 13.2. The molecule has 0 aliphatic carbocycles. The Balaban J connectivity index is 2.85. The van der Waals surface area contributed by atoms with E-state index in [0.717, 1.165) is 0 Å². The van der Waals surface area contributed by atoms with Gasteiger partial charge in [0.1, 0.15) is 5.82 Å². The van der Waals surface area contributed by atoms with Crippen LogP contribution in [0.15, 0.2) is 18.2 Å². The van der Waals surface area contributed by atoms with Gasteiger partial charge in [-0.05, 0) is 32.3 Å². The van der Waals surface area contributed by atoms with Gasteiger partial charge < -0.3 is 16.0 Å². The first-order valence-electron chi connectivity index (χ1n) is 5.96. The lowest BCUT2D eigenvalue weighted by Crippen LogP contribution is -2.31. The molecular weight excluding hydrogens is 245 g/mol. The van der Waals surface area contributed by atoms with E-state index in [1.54, 1.807) is 0 Å². The van der Waals surface area contributed by atoms with Crippen LogP contribution in [0.5, 0.6) is 0 Å². The molecular formula is C14H18FN3O. The van der Waals surface area contributed by atoms with Crippen LogP contribution in [0.3, 0.4) is 0 Å². The van der Waals surface area contributed by atoms with Crippen LogP contribution in [0.25, 0.3) is 0 Å². The first-order valence-corrected chi connectivity index (χ1v) is 5.96. The molecule has 1 aromatic carbocycles. The predicted octanol–water partition coefficient (Wildman–Crippen LogP) is 0.427. The standard InChI is InChI=1S/C14H18FN3O/c1-18(2)9-8-17-14(19)13-10-12(15)6-5-11(13)4-3-7-16/h5-6,10H,7-9,16H2,1-2H3,(H,17,19). The maximum Gasteiger partial charge on any atom is 0.252 e. The number of nitrogens with one attached hydrogen (secondary N) is 1. The van der Waals surface area contributed by atoms with Crippen molar-refractivity contribution >= 4 is 5.91 Å². The molecule has 1 rings (SSSR count). The van der Waals surface area contributed by atoms with Crippen LogP contribution in [0.4, 0.5) is 4.39 Å². The van der Waals surface area contributed by atoms with E-state index in [9.17, 15) is 9.18 Å². The van der Waals surface area contributed by atoms with Gasteiger partial charge in [0.05, 0.1) is 12.1 Å². The molecule has 4 nitrogen and oxygen atoms in total. The summed E-state index contributed by atoms with van der Waals surface area (Å²) in [7, 11) is 3.82. The van der Waals surface area contributed by atoms with E-state index < -0.39 is 5.82 Å². The number of halogens is 1. The van der Waals surface area contributed by atoms with E-state index in [1.165, 1.54) is 18.2 Å². The monoisotopic (exact) mass is 263 g/mol. The van der Waals surface area contributed by atoms with Crippen LogP contribution in [-0.2, 0) is 0 Å². The van der Waals surface area contributed by atoms with Crippen molar-refractivity contribution in [2.75, 3.05) is 33.7 Å². The molecule has 0 heterocycles. The quantitative estimate of drug-likeness (QED) is 0.774. The fourth-order valence-corrected chi connectivity index (χ4v) is 1.45. The lowest BCUT2D eigenvalue weighted by Gasteiger charge is -2.11. The lowest BCUT2D eigenvalue weighted by molar-refractivity contribution is 0.0950. The van der Waals surface area contributed by atoms with Gasteiger partial charge in [0.2, 0.25) is 0 Å². The summed E-state index contributed by atoms with van der Waals surface area (Å²) in [6, 6.07) is 3.95. The first-order chi connectivity index (χ1) is 9.04. The molecule has 3 N–H and O–H groups in total. The highest BCUT2D eigenvalue weighted by Gasteiger charge is 2.11. The molecule has 0 aliphatic heterocycles. The van der Waals surface area contributed by atoms with Crippen molar-refractivity contribution in [1.82, 2.24) is 10.2 Å². The van der Waals surface area contributed by atoms with Gasteiger partial charge in [-0.2, -0.15) is 0 Å². The highest BCUT2D eigenvalue weighted by Crippen LogP contribution is 2.10. The van der Waals surface area contributed by atoms with Crippen LogP contribution >= 0.6 is 0 Å². The molecule has 0 spiro atoms. The Hall–Kier alpha value is -1.90. The summed E-state index contributed by atoms with van der Waals surface area (Å²) in [6.07, 6.45) is 0. The molecule has 19 heavy (non-hydrogen) atoms. The van der Waals surface area contributed by atoms with E-state index in [-0.39, 0.29) is 18.0 Å². The summed E-state index contributed by atoms with van der Waals surface area (Å²) in [5.41, 5.74) is 6.01. The Morgan fingerprint density at radius 3 is 2.84 bits per heavy atom. The van der Waals surface area contributed by atoms with E-state index >= 15 is 0 Å². The summed E-state index contributed by atoms with van der Waals surface area (Å²) in [4.78, 5) is 13.9. The third-order valence-corrected chi connectivity index (χ3v) is 2.40. The molecule has 1 aromatic rings. The minimum absolute atomic E-state index is 0.194. The van der Waals surface area contributed by atoms with E-state index in [1.807, 2.05) is 19.0 Å². The Bertz CT molecular complexity index is 503. The molecule has 0 fully saturated rings. The van der Waals surface area contributed by atoms with Gasteiger partial charge in [0.25, 0.3) is 5.91 Å². The molecule has 5 heteroatoms. The second-order valence-electron chi connectivity index (χ2n) is 4.25. The molecule has 0 atom stereocenters. The largest absolute Gasteiger partial charge is 0.351 e. The average molecular weight is 263 g/mol. The average Bonchev–Trinajstić information content (AvgIpc) is 2.36. The number of hydrogen-bond acceptors (Lipinski definition) is 3. The minimum atomic E-state index is -0.462. The number of likely N-dealkylation sites (N-methyl/N-ethyl adjacent to an activating group) is 1. The SMILES string of the molecule is CN(C)CCNC(=O)c1cc(F)ccc1C#CCN. The van der Waals surface area contributed by atoms with Crippen molar-refractivity contribution in [1.29, 1.82) is 0 Å². The molecule has 0 aliphatic rings. The van der Waals surface area contributed by atoms with E-state index in [0.29, 0.717) is 18.7 Å². The number of amides is 1. The first kappa shape index (κ1) is 15.2. The Labute approximate surface area is 112 Å². The van der Waals surface area contributed by atoms with Crippen LogP contribution in [-0.4, -0.2) is 44.5 Å². The van der Waals surface area contributed by atoms with Crippen LogP contribution in [0, 0.1) is 17.7 Å². The van der Waals surface area contributed by atoms with Gasteiger partial charge in [-0.1, -0.05) is 11.8 Å². The summed E-state index contributed by atoms with van der Waals surface area (Å²) < 4.78 is 13.2. The number of benzene rings is 1. The highest BCUT2D eigenvalue weighted by atomic mass is 19.1. The number of rotatable bonds is 4. The fourth-order valence-electron chi connectivity index (χ4n) is 1.45. The number of nitrogens with zero attached hydrogens (tertiary/aromatic N) is 1. The molecule has 1 amide bonds. The Morgan fingerprint density at radius 1 is 1.47 bits per heavy atom. The highest BCUT2D eigenvalue weighted by molar-refractivity contribution is 5.96. The van der Waals surface area contributed by atoms with Crippen molar-refractivity contribution in [2.24, 2.45) is 5.73 Å². The molecule has 0 radical (unpaired) electrons. The van der Waals surface area contributed by atoms with Gasteiger partial charge in [-0.15, -0.1) is 0 Å². The maximum atomic E-state index is 13.2. The van der Waals surface area contributed by atoms with E-state index in [2.05, 4.69) is 17.2 Å². The zero-order valence-electron chi connectivity index (χ0n) is 11.2. The normalized spacial score (nSPS) is 9.95. The molecule has 0 saturated carbocycles. The van der Waals surface area contributed by atoms with Crippen molar-refractivity contribution in [3.8, 4) is 11.8 Å². The zero-order valence-corrected chi connectivity index (χ0v) is 11.2. The lowest BCUT2D eigenvalue weighted by atomic mass is 10.1. The smallest absolute Gasteiger partial charge is 0.252 e. The molecule has 0 saturated heterocycles. The summed E-state index contributed by atoms with van der Waals surface area (Å²) in [5.74, 6) is 4.64. The molecule has 0 bridgehead atoms. The zero-order chi connectivity index (χ0) is 14.3. The van der Waals surface area contributed by atoms with Gasteiger partial charge >= 0.3 is 0 Å². The number of hydrogen-bond donors (Lipinski definition) is 2. The fraction of sp³-hybridized carbons (Fsp3) is 0.357. The van der Waals surface area contributed by atoms with Crippen LogP contribution in [0.2, 0.25) is 0 Å². The number of nitrogens with two attached hydrogens (primary N) is 1. The topological polar surface area (TPSA) is 58.4 Å². The Morgan fingerprint density at radius 2 is 2.21 bits per heavy atom. The van der Waals surface area contributed by atoms with Gasteiger partial charge in [0, 0.05) is 18.7 Å². The van der Waals surface area contributed by atoms with Crippen LogP contribution < -0.4 is 11.1 Å². The predicted molar refractivity (Wildman–Crippen MR) is 73.2 cm³/mol. The molecule has 102 valence electrons. The van der Waals surface area contributed by atoms with Crippen molar-refractivity contribution in [3.05, 3.63) is 35.1 Å². The van der Waals surface area contributed by atoms with E-state index in [4.69, 9.17) is 5.73 Å². The molecule has 0 unspecified atom stereocenters. The minimum Gasteiger partial charge on any atom is -0.351 e. The van der Waals surface area contributed by atoms with Crippen molar-refractivity contribution in [3.63, 3.8) is 0 Å². The summed E-state index contributed by atoms with van der Waals surface area (Å²) in [5, 5.41) is 2.73. The second kappa shape index (κ2) is 7.52. The van der Waals surface area contributed by atoms with Gasteiger partial charge in [-0.25, -0.2) is 4.39 Å². The van der Waals surface area contributed by atoms with Crippen LogP contribution in [0.1, 0.15) is 15.9 Å². The third kappa shape index (κ3) is 5.08. The second-order valence-corrected chi connectivity index (χ2v) is 4.25. The number of carbonyl (C=O) groups excluding carboxylic acids is 1. The van der Waals surface area contributed by atoms with Crippen molar-refractivity contribution < 1.29 is 9.18 Å².